The number of hydrogen-bond donors (Lipinski definition) is 1. The molecule has 0 amide bonds. The molecule has 0 atom stereocenters. The summed E-state index contributed by atoms with van der Waals surface area (Å²) in [5.74, 6) is 0.689. The topological polar surface area (TPSA) is 26.0 Å². The first-order valence-corrected chi connectivity index (χ1v) is 4.42. The normalized spacial score (nSPS) is 10.7. The molecule has 12 heavy (non-hydrogen) atoms. The fourth-order valence-electron chi connectivity index (χ4n) is 1.25. The summed E-state index contributed by atoms with van der Waals surface area (Å²) in [6.07, 6.45) is 1.09. The first-order valence-electron chi connectivity index (χ1n) is 4.42. The van der Waals surface area contributed by atoms with Crippen LogP contribution in [0.1, 0.15) is 25.0 Å². The Hall–Kier alpha value is -0.820. The van der Waals surface area contributed by atoms with Crippen LogP contribution in [-0.4, -0.2) is 0 Å². The van der Waals surface area contributed by atoms with Crippen LogP contribution in [0.25, 0.3) is 0 Å². The summed E-state index contributed by atoms with van der Waals surface area (Å²) in [6, 6.07) is 9.48. The minimum atomic E-state index is 0.589. The molecule has 0 aromatic heterocycles. The molecule has 0 fully saturated rings. The lowest BCUT2D eigenvalue weighted by atomic mass is 10.0. The number of benzene rings is 1. The second kappa shape index (κ2) is 4.27. The van der Waals surface area contributed by atoms with Gasteiger partial charge in [0.1, 0.15) is 0 Å². The lowest BCUT2D eigenvalue weighted by Crippen LogP contribution is -1.99. The second-order valence-corrected chi connectivity index (χ2v) is 3.50. The summed E-state index contributed by atoms with van der Waals surface area (Å²) < 4.78 is 0. The van der Waals surface area contributed by atoms with Crippen molar-refractivity contribution in [1.82, 2.24) is 0 Å². The van der Waals surface area contributed by atoms with Gasteiger partial charge in [-0.05, 0) is 29.5 Å². The van der Waals surface area contributed by atoms with Gasteiger partial charge in [0.15, 0.2) is 0 Å². The summed E-state index contributed by atoms with van der Waals surface area (Å²) in [5.41, 5.74) is 7.89. The van der Waals surface area contributed by atoms with E-state index in [0.29, 0.717) is 12.5 Å². The van der Waals surface area contributed by atoms with Gasteiger partial charge < -0.3 is 5.73 Å². The van der Waals surface area contributed by atoms with Crippen LogP contribution in [0.2, 0.25) is 0 Å². The molecule has 0 aliphatic rings. The molecule has 1 aromatic rings. The van der Waals surface area contributed by atoms with Crippen molar-refractivity contribution in [1.29, 1.82) is 0 Å². The molecule has 0 saturated carbocycles. The van der Waals surface area contributed by atoms with E-state index in [1.807, 2.05) is 6.07 Å². The zero-order valence-corrected chi connectivity index (χ0v) is 7.80. The van der Waals surface area contributed by atoms with Crippen molar-refractivity contribution in [3.63, 3.8) is 0 Å². The van der Waals surface area contributed by atoms with Crippen LogP contribution in [0.4, 0.5) is 0 Å². The molecule has 1 heteroatoms. The Morgan fingerprint density at radius 1 is 1.33 bits per heavy atom. The van der Waals surface area contributed by atoms with Gasteiger partial charge in [-0.3, -0.25) is 0 Å². The average Bonchev–Trinajstić information content (AvgIpc) is 2.03. The van der Waals surface area contributed by atoms with Crippen LogP contribution in [0.5, 0.6) is 0 Å². The van der Waals surface area contributed by atoms with Crippen LogP contribution in [0, 0.1) is 12.0 Å². The van der Waals surface area contributed by atoms with Crippen molar-refractivity contribution in [2.75, 3.05) is 0 Å². The van der Waals surface area contributed by atoms with Crippen LogP contribution in [0.3, 0.4) is 0 Å². The molecule has 0 spiro atoms. The molecule has 0 heterocycles. The van der Waals surface area contributed by atoms with Gasteiger partial charge in [0.05, 0.1) is 0 Å². The van der Waals surface area contributed by atoms with Gasteiger partial charge in [0.25, 0.3) is 0 Å². The standard InChI is InChI=1S/C11H16N/c1-9(2)6-10-4-3-5-11(7-10)8-12/h3-5,9H,6,8,12H2,1-2H3. The maximum absolute atomic E-state index is 5.52. The smallest absolute Gasteiger partial charge is 0.0184 e. The predicted octanol–water partition coefficient (Wildman–Crippen LogP) is 2.14. The van der Waals surface area contributed by atoms with Gasteiger partial charge in [0.2, 0.25) is 0 Å². The Balaban J connectivity index is 2.72. The van der Waals surface area contributed by atoms with E-state index < -0.39 is 0 Å². The van der Waals surface area contributed by atoms with Crippen LogP contribution in [0.15, 0.2) is 18.2 Å². The highest BCUT2D eigenvalue weighted by atomic mass is 14.5. The Morgan fingerprint density at radius 3 is 2.58 bits per heavy atom. The van der Waals surface area contributed by atoms with Gasteiger partial charge in [-0.25, -0.2) is 0 Å². The van der Waals surface area contributed by atoms with Crippen LogP contribution < -0.4 is 5.73 Å². The first kappa shape index (κ1) is 9.27. The van der Waals surface area contributed by atoms with Gasteiger partial charge in [-0.1, -0.05) is 32.0 Å². The maximum Gasteiger partial charge on any atom is 0.0184 e. The zero-order chi connectivity index (χ0) is 8.97. The Labute approximate surface area is 74.6 Å². The summed E-state index contributed by atoms with van der Waals surface area (Å²) in [5, 5.41) is 0. The van der Waals surface area contributed by atoms with Gasteiger partial charge in [-0.15, -0.1) is 0 Å². The van der Waals surface area contributed by atoms with Crippen molar-refractivity contribution in [2.24, 2.45) is 11.7 Å². The maximum atomic E-state index is 5.52. The van der Waals surface area contributed by atoms with E-state index >= 15 is 0 Å². The molecular weight excluding hydrogens is 146 g/mol. The molecule has 0 aliphatic heterocycles. The molecule has 2 N–H and O–H groups in total. The second-order valence-electron chi connectivity index (χ2n) is 3.50. The molecule has 1 aromatic carbocycles. The van der Waals surface area contributed by atoms with E-state index in [4.69, 9.17) is 5.73 Å². The first-order chi connectivity index (χ1) is 5.72. The Kier molecular flexibility index (Phi) is 3.30. The van der Waals surface area contributed by atoms with Crippen molar-refractivity contribution >= 4 is 0 Å². The number of hydrogen-bond acceptors (Lipinski definition) is 1. The molecule has 0 aliphatic carbocycles. The SMILES string of the molecule is CC(C)Cc1[c]c(CN)ccc1. The van der Waals surface area contributed by atoms with Crippen molar-refractivity contribution < 1.29 is 0 Å². The number of rotatable bonds is 3. The molecule has 1 nitrogen and oxygen atoms in total. The summed E-state index contributed by atoms with van der Waals surface area (Å²) in [4.78, 5) is 0. The van der Waals surface area contributed by atoms with E-state index in [0.717, 1.165) is 12.0 Å². The molecule has 0 bridgehead atoms. The van der Waals surface area contributed by atoms with Crippen molar-refractivity contribution in [2.45, 2.75) is 26.8 Å². The summed E-state index contributed by atoms with van der Waals surface area (Å²) >= 11 is 0. The van der Waals surface area contributed by atoms with E-state index in [9.17, 15) is 0 Å². The predicted molar refractivity (Wildman–Crippen MR) is 51.7 cm³/mol. The molecule has 65 valence electrons. The highest BCUT2D eigenvalue weighted by Gasteiger charge is 1.98. The highest BCUT2D eigenvalue weighted by Crippen LogP contribution is 2.08. The minimum Gasteiger partial charge on any atom is -0.326 e. The monoisotopic (exact) mass is 162 g/mol. The Morgan fingerprint density at radius 2 is 2.00 bits per heavy atom. The average molecular weight is 162 g/mol. The van der Waals surface area contributed by atoms with Gasteiger partial charge in [-0.2, -0.15) is 0 Å². The fraction of sp³-hybridized carbons (Fsp3) is 0.455. The van der Waals surface area contributed by atoms with Crippen molar-refractivity contribution in [3.8, 4) is 0 Å². The quantitative estimate of drug-likeness (QED) is 0.724. The van der Waals surface area contributed by atoms with E-state index in [1.165, 1.54) is 5.56 Å². The third-order valence-corrected chi connectivity index (χ3v) is 1.76. The van der Waals surface area contributed by atoms with E-state index in [-0.39, 0.29) is 0 Å². The molecule has 0 saturated heterocycles. The largest absolute Gasteiger partial charge is 0.326 e. The lowest BCUT2D eigenvalue weighted by Gasteiger charge is -2.05. The Bertz CT molecular complexity index is 241. The minimum absolute atomic E-state index is 0.589. The van der Waals surface area contributed by atoms with Crippen molar-refractivity contribution in [3.05, 3.63) is 35.4 Å². The van der Waals surface area contributed by atoms with Crippen LogP contribution >= 0.6 is 0 Å². The van der Waals surface area contributed by atoms with Gasteiger partial charge >= 0.3 is 0 Å². The third kappa shape index (κ3) is 2.67. The third-order valence-electron chi connectivity index (χ3n) is 1.76. The fourth-order valence-corrected chi connectivity index (χ4v) is 1.25. The highest BCUT2D eigenvalue weighted by molar-refractivity contribution is 5.21. The lowest BCUT2D eigenvalue weighted by molar-refractivity contribution is 0.646. The summed E-state index contributed by atoms with van der Waals surface area (Å²) in [7, 11) is 0. The van der Waals surface area contributed by atoms with E-state index in [1.54, 1.807) is 0 Å². The van der Waals surface area contributed by atoms with Crippen LogP contribution in [-0.2, 0) is 13.0 Å². The zero-order valence-electron chi connectivity index (χ0n) is 7.80. The molecule has 0 unspecified atom stereocenters. The molecule has 1 radical (unpaired) electrons. The molecular formula is C11H16N. The summed E-state index contributed by atoms with van der Waals surface area (Å²) in [6.45, 7) is 5.01. The van der Waals surface area contributed by atoms with Gasteiger partial charge in [0, 0.05) is 6.54 Å². The number of nitrogens with two attached hydrogens (primary N) is 1. The molecule has 1 rings (SSSR count). The van der Waals surface area contributed by atoms with E-state index in [2.05, 4.69) is 32.0 Å².